The lowest BCUT2D eigenvalue weighted by Crippen LogP contribution is -2.08. The van der Waals surface area contributed by atoms with Gasteiger partial charge in [0, 0.05) is 11.8 Å². The first-order valence-corrected chi connectivity index (χ1v) is 5.12. The number of hydrazine groups is 1. The lowest BCUT2D eigenvalue weighted by molar-refractivity contribution is 0.749. The number of nitrogens with zero attached hydrogens (tertiary/aromatic N) is 2. The van der Waals surface area contributed by atoms with E-state index in [1.807, 2.05) is 6.07 Å². The molecule has 0 saturated carbocycles. The second-order valence-corrected chi connectivity index (χ2v) is 4.13. The first kappa shape index (κ1) is 10.3. The summed E-state index contributed by atoms with van der Waals surface area (Å²) in [5.41, 5.74) is 2.49. The molecule has 0 saturated heterocycles. The average Bonchev–Trinajstić information content (AvgIpc) is 2.15. The zero-order valence-corrected chi connectivity index (χ0v) is 8.64. The van der Waals surface area contributed by atoms with Crippen molar-refractivity contribution in [1.82, 2.24) is 9.97 Å². The molecule has 1 aromatic rings. The molecule has 3 N–H and O–H groups in total. The van der Waals surface area contributed by atoms with Crippen LogP contribution in [-0.2, 0) is 0 Å². The molecule has 0 aliphatic heterocycles. The Bertz CT molecular complexity index is 264. The van der Waals surface area contributed by atoms with Crippen molar-refractivity contribution in [3.63, 3.8) is 0 Å². The largest absolute Gasteiger partial charge is 0.308 e. The third-order valence-electron chi connectivity index (χ3n) is 1.35. The summed E-state index contributed by atoms with van der Waals surface area (Å²) in [5, 5.41) is 0.955. The van der Waals surface area contributed by atoms with E-state index < -0.39 is 0 Å². The van der Waals surface area contributed by atoms with Crippen LogP contribution < -0.4 is 11.3 Å². The maximum absolute atomic E-state index is 5.23. The summed E-state index contributed by atoms with van der Waals surface area (Å²) in [4.78, 5) is 8.04. The molecule has 0 aromatic carbocycles. The van der Waals surface area contributed by atoms with Crippen molar-refractivity contribution in [3.05, 3.63) is 12.4 Å². The van der Waals surface area contributed by atoms with E-state index in [0.717, 1.165) is 10.8 Å². The maximum Gasteiger partial charge on any atom is 0.144 e. The molecule has 1 rings (SSSR count). The van der Waals surface area contributed by atoms with Gasteiger partial charge in [-0.3, -0.25) is 0 Å². The van der Waals surface area contributed by atoms with Crippen molar-refractivity contribution in [3.8, 4) is 0 Å². The predicted octanol–water partition coefficient (Wildman–Crippen LogP) is 1.51. The number of rotatable bonds is 4. The van der Waals surface area contributed by atoms with Gasteiger partial charge in [-0.15, -0.1) is 11.8 Å². The lowest BCUT2D eigenvalue weighted by atomic mass is 10.3. The molecule has 5 heteroatoms. The van der Waals surface area contributed by atoms with Crippen molar-refractivity contribution in [2.45, 2.75) is 18.9 Å². The van der Waals surface area contributed by atoms with Gasteiger partial charge < -0.3 is 5.43 Å². The predicted molar refractivity (Wildman–Crippen MR) is 55.4 cm³/mol. The number of thioether (sulfide) groups is 1. The van der Waals surface area contributed by atoms with E-state index in [0.29, 0.717) is 11.7 Å². The highest BCUT2D eigenvalue weighted by Crippen LogP contribution is 2.19. The maximum atomic E-state index is 5.23. The minimum absolute atomic E-state index is 0.654. The van der Waals surface area contributed by atoms with Gasteiger partial charge in [-0.2, -0.15) is 0 Å². The molecule has 0 aliphatic carbocycles. The Morgan fingerprint density at radius 1 is 1.54 bits per heavy atom. The summed E-state index contributed by atoms with van der Waals surface area (Å²) in [6.45, 7) is 4.35. The van der Waals surface area contributed by atoms with Crippen molar-refractivity contribution in [2.24, 2.45) is 11.8 Å². The summed E-state index contributed by atoms with van der Waals surface area (Å²) in [6, 6.07) is 1.84. The second-order valence-electron chi connectivity index (χ2n) is 3.09. The van der Waals surface area contributed by atoms with Crippen LogP contribution in [0.15, 0.2) is 17.4 Å². The highest BCUT2D eigenvalue weighted by molar-refractivity contribution is 7.99. The molecule has 13 heavy (non-hydrogen) atoms. The Hall–Kier alpha value is -0.810. The molecule has 0 amide bonds. The zero-order chi connectivity index (χ0) is 9.68. The molecular formula is C8H14N4S. The number of anilines is 1. The number of hydrogen-bond donors (Lipinski definition) is 2. The van der Waals surface area contributed by atoms with Crippen LogP contribution in [0.3, 0.4) is 0 Å². The molecule has 1 aromatic heterocycles. The van der Waals surface area contributed by atoms with Crippen LogP contribution in [0.25, 0.3) is 0 Å². The molecule has 0 unspecified atom stereocenters. The second kappa shape index (κ2) is 5.04. The normalized spacial score (nSPS) is 10.5. The number of nitrogens with two attached hydrogens (primary N) is 1. The average molecular weight is 198 g/mol. The summed E-state index contributed by atoms with van der Waals surface area (Å²) in [5.74, 6) is 7.60. The van der Waals surface area contributed by atoms with Crippen LogP contribution in [-0.4, -0.2) is 15.7 Å². The van der Waals surface area contributed by atoms with E-state index in [9.17, 15) is 0 Å². The third-order valence-corrected chi connectivity index (χ3v) is 2.71. The Morgan fingerprint density at radius 2 is 2.31 bits per heavy atom. The minimum atomic E-state index is 0.654. The van der Waals surface area contributed by atoms with E-state index in [4.69, 9.17) is 5.84 Å². The van der Waals surface area contributed by atoms with E-state index in [2.05, 4.69) is 29.2 Å². The fraction of sp³-hybridized carbons (Fsp3) is 0.500. The van der Waals surface area contributed by atoms with E-state index in [-0.39, 0.29) is 0 Å². The van der Waals surface area contributed by atoms with Gasteiger partial charge in [-0.05, 0) is 5.92 Å². The van der Waals surface area contributed by atoms with Crippen molar-refractivity contribution in [1.29, 1.82) is 0 Å². The SMILES string of the molecule is CC(C)CSc1cc(NN)ncn1. The zero-order valence-electron chi connectivity index (χ0n) is 7.82. The standard InChI is InChI=1S/C8H14N4S/c1-6(2)4-13-8-3-7(12-9)10-5-11-8/h3,5-6H,4,9H2,1-2H3,(H,10,11,12). The molecule has 0 bridgehead atoms. The number of hydrogen-bond acceptors (Lipinski definition) is 5. The molecule has 0 fully saturated rings. The number of nitrogens with one attached hydrogen (secondary N) is 1. The van der Waals surface area contributed by atoms with Crippen molar-refractivity contribution >= 4 is 17.6 Å². The smallest absolute Gasteiger partial charge is 0.144 e. The van der Waals surface area contributed by atoms with Gasteiger partial charge in [-0.1, -0.05) is 13.8 Å². The quantitative estimate of drug-likeness (QED) is 0.332. The lowest BCUT2D eigenvalue weighted by Gasteiger charge is -2.04. The van der Waals surface area contributed by atoms with Gasteiger partial charge >= 0.3 is 0 Å². The van der Waals surface area contributed by atoms with Gasteiger partial charge in [0.25, 0.3) is 0 Å². The van der Waals surface area contributed by atoms with Gasteiger partial charge in [0.2, 0.25) is 0 Å². The van der Waals surface area contributed by atoms with E-state index in [1.54, 1.807) is 11.8 Å². The van der Waals surface area contributed by atoms with Gasteiger partial charge in [0.15, 0.2) is 0 Å². The van der Waals surface area contributed by atoms with Crippen molar-refractivity contribution in [2.75, 3.05) is 11.2 Å². The Kier molecular flexibility index (Phi) is 3.98. The molecule has 0 aliphatic rings. The van der Waals surface area contributed by atoms with E-state index >= 15 is 0 Å². The van der Waals surface area contributed by atoms with E-state index in [1.165, 1.54) is 6.33 Å². The Labute approximate surface area is 82.3 Å². The minimum Gasteiger partial charge on any atom is -0.308 e. The summed E-state index contributed by atoms with van der Waals surface area (Å²) < 4.78 is 0. The summed E-state index contributed by atoms with van der Waals surface area (Å²) in [7, 11) is 0. The van der Waals surface area contributed by atoms with Crippen LogP contribution in [0.5, 0.6) is 0 Å². The van der Waals surface area contributed by atoms with Crippen molar-refractivity contribution < 1.29 is 0 Å². The molecule has 4 nitrogen and oxygen atoms in total. The molecule has 0 atom stereocenters. The molecular weight excluding hydrogens is 184 g/mol. The number of aromatic nitrogens is 2. The summed E-state index contributed by atoms with van der Waals surface area (Å²) in [6.07, 6.45) is 1.51. The third kappa shape index (κ3) is 3.61. The first-order chi connectivity index (χ1) is 6.22. The Morgan fingerprint density at radius 3 is 2.92 bits per heavy atom. The van der Waals surface area contributed by atoms with Gasteiger partial charge in [0.05, 0.1) is 0 Å². The fourth-order valence-electron chi connectivity index (χ4n) is 0.749. The van der Waals surface area contributed by atoms with Crippen LogP contribution in [0, 0.1) is 5.92 Å². The highest BCUT2D eigenvalue weighted by Gasteiger charge is 1.99. The van der Waals surface area contributed by atoms with Crippen LogP contribution in [0.2, 0.25) is 0 Å². The topological polar surface area (TPSA) is 63.8 Å². The monoisotopic (exact) mass is 198 g/mol. The van der Waals surface area contributed by atoms with Gasteiger partial charge in [-0.25, -0.2) is 15.8 Å². The molecule has 72 valence electrons. The Balaban J connectivity index is 2.56. The number of nitrogen functional groups attached to an aromatic ring is 1. The first-order valence-electron chi connectivity index (χ1n) is 4.14. The fourth-order valence-corrected chi connectivity index (χ4v) is 1.57. The molecule has 0 radical (unpaired) electrons. The molecule has 1 heterocycles. The van der Waals surface area contributed by atoms with Crippen LogP contribution in [0.4, 0.5) is 5.82 Å². The van der Waals surface area contributed by atoms with Crippen LogP contribution in [0.1, 0.15) is 13.8 Å². The summed E-state index contributed by atoms with van der Waals surface area (Å²) >= 11 is 1.71. The van der Waals surface area contributed by atoms with Gasteiger partial charge in [0.1, 0.15) is 17.2 Å². The van der Waals surface area contributed by atoms with Crippen LogP contribution >= 0.6 is 11.8 Å². The molecule has 0 spiro atoms. The highest BCUT2D eigenvalue weighted by atomic mass is 32.2.